The first-order valence-corrected chi connectivity index (χ1v) is 4.02. The van der Waals surface area contributed by atoms with Crippen molar-refractivity contribution in [1.29, 1.82) is 0 Å². The summed E-state index contributed by atoms with van der Waals surface area (Å²) >= 11 is 1.80. The smallest absolute Gasteiger partial charge is 1.00 e. The van der Waals surface area contributed by atoms with E-state index in [1.165, 1.54) is 0 Å². The Labute approximate surface area is 91.1 Å². The van der Waals surface area contributed by atoms with Crippen LogP contribution in [0.4, 0.5) is 0 Å². The van der Waals surface area contributed by atoms with Crippen molar-refractivity contribution < 1.29 is 21.9 Å². The molecule has 0 fully saturated rings. The number of rotatable bonds is 2. The number of benzene rings is 1. The molecule has 2 nitrogen and oxygen atoms in total. The Bertz CT molecular complexity index is 253. The van der Waals surface area contributed by atoms with Crippen LogP contribution in [0.15, 0.2) is 18.2 Å². The minimum absolute atomic E-state index is 0. The third-order valence-corrected chi connectivity index (χ3v) is 2.08. The van der Waals surface area contributed by atoms with Crippen molar-refractivity contribution in [2.75, 3.05) is 14.2 Å². The first-order valence-electron chi connectivity index (χ1n) is 3.32. The fourth-order valence-corrected chi connectivity index (χ4v) is 1.22. The molecule has 12 heavy (non-hydrogen) atoms. The molecule has 1 rings (SSSR count). The summed E-state index contributed by atoms with van der Waals surface area (Å²) < 4.78 is 11.3. The van der Waals surface area contributed by atoms with Crippen LogP contribution in [0.2, 0.25) is 0 Å². The largest absolute Gasteiger partial charge is 1.00 e. The molecule has 4 heteroatoms. The molecule has 0 atom stereocenters. The van der Waals surface area contributed by atoms with Crippen LogP contribution in [0.1, 0.15) is 0 Å². The van der Waals surface area contributed by atoms with Crippen LogP contribution in [0.5, 0.6) is 11.5 Å². The SMILES string of the molecule is COc1cc[c]([Mg+])c(OC)c1.[Cl-]. The molecular formula is C8H9ClMgO2. The summed E-state index contributed by atoms with van der Waals surface area (Å²) in [6.07, 6.45) is 0. The van der Waals surface area contributed by atoms with E-state index in [2.05, 4.69) is 0 Å². The Kier molecular flexibility index (Phi) is 5.45. The molecular weight excluding hydrogens is 188 g/mol. The molecule has 0 heterocycles. The molecule has 0 bridgehead atoms. The van der Waals surface area contributed by atoms with E-state index in [0.29, 0.717) is 0 Å². The first kappa shape index (κ1) is 11.9. The van der Waals surface area contributed by atoms with Gasteiger partial charge in [-0.05, 0) is 0 Å². The summed E-state index contributed by atoms with van der Waals surface area (Å²) in [7, 11) is 3.30. The van der Waals surface area contributed by atoms with Crippen LogP contribution in [-0.4, -0.2) is 35.9 Å². The Balaban J connectivity index is 0.00000121. The molecule has 1 aromatic carbocycles. The van der Waals surface area contributed by atoms with E-state index < -0.39 is 0 Å². The van der Waals surface area contributed by atoms with Crippen molar-refractivity contribution in [3.63, 3.8) is 0 Å². The van der Waals surface area contributed by atoms with Gasteiger partial charge in [-0.3, -0.25) is 0 Å². The third-order valence-electron chi connectivity index (χ3n) is 1.49. The van der Waals surface area contributed by atoms with E-state index in [4.69, 9.17) is 9.47 Å². The zero-order valence-electron chi connectivity index (χ0n) is 7.13. The number of hydrogen-bond donors (Lipinski definition) is 0. The monoisotopic (exact) mass is 196 g/mol. The van der Waals surface area contributed by atoms with Gasteiger partial charge in [-0.25, -0.2) is 0 Å². The van der Waals surface area contributed by atoms with Crippen LogP contribution < -0.4 is 25.6 Å². The Morgan fingerprint density at radius 3 is 2.33 bits per heavy atom. The second kappa shape index (κ2) is 5.51. The van der Waals surface area contributed by atoms with Crippen molar-refractivity contribution in [1.82, 2.24) is 0 Å². The fourth-order valence-electron chi connectivity index (χ4n) is 0.852. The van der Waals surface area contributed by atoms with Gasteiger partial charge in [0.15, 0.2) is 0 Å². The molecule has 0 radical (unpaired) electrons. The van der Waals surface area contributed by atoms with Gasteiger partial charge in [0, 0.05) is 0 Å². The van der Waals surface area contributed by atoms with Gasteiger partial charge < -0.3 is 12.4 Å². The van der Waals surface area contributed by atoms with Gasteiger partial charge in [0.1, 0.15) is 0 Å². The molecule has 0 aliphatic heterocycles. The Morgan fingerprint density at radius 1 is 1.17 bits per heavy atom. The minimum atomic E-state index is 0. The van der Waals surface area contributed by atoms with Crippen molar-refractivity contribution >= 4 is 25.4 Å². The first-order chi connectivity index (χ1) is 5.27. The molecule has 0 saturated carbocycles. The molecule has 0 N–H and O–H groups in total. The summed E-state index contributed by atoms with van der Waals surface area (Å²) in [6.45, 7) is 0. The summed E-state index contributed by atoms with van der Waals surface area (Å²) in [5.74, 6) is 1.71. The maximum Gasteiger partial charge on any atom is -1.00 e. The van der Waals surface area contributed by atoms with Crippen molar-refractivity contribution in [2.24, 2.45) is 0 Å². The zero-order chi connectivity index (χ0) is 8.27. The molecule has 62 valence electrons. The fraction of sp³-hybridized carbons (Fsp3) is 0.250. The maximum atomic E-state index is 5.11. The predicted octanol–water partition coefficient (Wildman–Crippen LogP) is -2.50. The number of ether oxygens (including phenoxy) is 2. The molecule has 0 amide bonds. The molecule has 0 unspecified atom stereocenters. The summed E-state index contributed by atoms with van der Waals surface area (Å²) in [6, 6.07) is 5.78. The number of hydrogen-bond acceptors (Lipinski definition) is 2. The van der Waals surface area contributed by atoms with E-state index >= 15 is 0 Å². The maximum absolute atomic E-state index is 5.11. The second-order valence-corrected chi connectivity index (χ2v) is 2.94. The van der Waals surface area contributed by atoms with Gasteiger partial charge in [0.2, 0.25) is 0 Å². The van der Waals surface area contributed by atoms with E-state index in [-0.39, 0.29) is 12.4 Å². The normalized spacial score (nSPS) is 8.67. The van der Waals surface area contributed by atoms with Crippen LogP contribution in [0.25, 0.3) is 0 Å². The standard InChI is InChI=1S/C8H9O2.ClH.Mg/c1-9-7-4-3-5-8(6-7)10-2;;/h3-4,6H,1-2H3;1H;/q;;+1/p-1. The summed E-state index contributed by atoms with van der Waals surface area (Å²) in [4.78, 5) is 0. The average Bonchev–Trinajstić information content (AvgIpc) is 2.05. The molecule has 0 aliphatic carbocycles. The Hall–Kier alpha value is -0.124. The third kappa shape index (κ3) is 2.73. The number of halogens is 1. The molecule has 0 aromatic heterocycles. The minimum Gasteiger partial charge on any atom is -1.00 e. The quantitative estimate of drug-likeness (QED) is 0.488. The number of methoxy groups -OCH3 is 2. The average molecular weight is 197 g/mol. The van der Waals surface area contributed by atoms with E-state index in [1.807, 2.05) is 18.2 Å². The van der Waals surface area contributed by atoms with Gasteiger partial charge in [-0.1, -0.05) is 0 Å². The molecule has 1 aromatic rings. The summed E-state index contributed by atoms with van der Waals surface area (Å²) in [5.41, 5.74) is 0. The predicted molar refractivity (Wildman–Crippen MR) is 44.9 cm³/mol. The van der Waals surface area contributed by atoms with Crippen LogP contribution in [-0.2, 0) is 0 Å². The molecule has 0 spiro atoms. The van der Waals surface area contributed by atoms with Crippen LogP contribution in [0, 0.1) is 0 Å². The van der Waals surface area contributed by atoms with Gasteiger partial charge in [-0.2, -0.15) is 0 Å². The van der Waals surface area contributed by atoms with Gasteiger partial charge in [0.25, 0.3) is 0 Å². The summed E-state index contributed by atoms with van der Waals surface area (Å²) in [5, 5.41) is 0. The van der Waals surface area contributed by atoms with Crippen molar-refractivity contribution in [2.45, 2.75) is 0 Å². The van der Waals surface area contributed by atoms with E-state index in [0.717, 1.165) is 15.2 Å². The van der Waals surface area contributed by atoms with Gasteiger partial charge in [-0.15, -0.1) is 0 Å². The zero-order valence-corrected chi connectivity index (χ0v) is 9.30. The van der Waals surface area contributed by atoms with Crippen LogP contribution >= 0.6 is 0 Å². The van der Waals surface area contributed by atoms with Crippen molar-refractivity contribution in [3.8, 4) is 11.5 Å². The van der Waals surface area contributed by atoms with E-state index in [9.17, 15) is 0 Å². The van der Waals surface area contributed by atoms with Gasteiger partial charge in [0.05, 0.1) is 0 Å². The Morgan fingerprint density at radius 2 is 1.83 bits per heavy atom. The topological polar surface area (TPSA) is 18.5 Å². The van der Waals surface area contributed by atoms with Crippen molar-refractivity contribution in [3.05, 3.63) is 18.2 Å². The van der Waals surface area contributed by atoms with Crippen LogP contribution in [0.3, 0.4) is 0 Å². The molecule has 0 aliphatic rings. The molecule has 0 saturated heterocycles. The second-order valence-electron chi connectivity index (χ2n) is 2.18. The van der Waals surface area contributed by atoms with E-state index in [1.54, 1.807) is 35.9 Å². The van der Waals surface area contributed by atoms with Gasteiger partial charge >= 0.3 is 78.8 Å².